The Kier molecular flexibility index (Phi) is 3.33. The summed E-state index contributed by atoms with van der Waals surface area (Å²) in [4.78, 5) is 4.92. The second-order valence-electron chi connectivity index (χ2n) is 5.25. The predicted octanol–water partition coefficient (Wildman–Crippen LogP) is 3.37. The number of hydrogen-bond acceptors (Lipinski definition) is 2. The van der Waals surface area contributed by atoms with Crippen LogP contribution >= 0.6 is 11.8 Å². The Hall–Kier alpha value is -0.960. The SMILES string of the molecule is Cc1cc2c(cc1C)C(/N=C1/NCCS1)CCC2. The molecule has 1 N–H and O–H groups in total. The van der Waals surface area contributed by atoms with E-state index < -0.39 is 0 Å². The van der Waals surface area contributed by atoms with Gasteiger partial charge in [-0.15, -0.1) is 0 Å². The minimum atomic E-state index is 0.376. The fraction of sp³-hybridized carbons (Fsp3) is 0.533. The van der Waals surface area contributed by atoms with Crippen LogP contribution in [0.2, 0.25) is 0 Å². The van der Waals surface area contributed by atoms with Crippen LogP contribution in [-0.4, -0.2) is 17.5 Å². The lowest BCUT2D eigenvalue weighted by Gasteiger charge is -2.24. The molecule has 1 aliphatic carbocycles. The number of hydrogen-bond donors (Lipinski definition) is 1. The van der Waals surface area contributed by atoms with Gasteiger partial charge in [0, 0.05) is 12.3 Å². The highest BCUT2D eigenvalue weighted by atomic mass is 32.2. The zero-order valence-corrected chi connectivity index (χ0v) is 11.9. The standard InChI is InChI=1S/C15H20N2S/c1-10-8-12-4-3-5-14(13(12)9-11(10)2)17-15-16-6-7-18-15/h8-9,14H,3-7H2,1-2H3,(H,16,17). The van der Waals surface area contributed by atoms with Crippen molar-refractivity contribution in [2.75, 3.05) is 12.3 Å². The Bertz CT molecular complexity index is 486. The number of aliphatic imine (C=N–C) groups is 1. The number of rotatable bonds is 1. The van der Waals surface area contributed by atoms with E-state index >= 15 is 0 Å². The summed E-state index contributed by atoms with van der Waals surface area (Å²) in [6.07, 6.45) is 3.68. The molecule has 3 rings (SSSR count). The third-order valence-electron chi connectivity index (χ3n) is 3.93. The Labute approximate surface area is 113 Å². The summed E-state index contributed by atoms with van der Waals surface area (Å²) >= 11 is 1.86. The van der Waals surface area contributed by atoms with E-state index in [1.165, 1.54) is 41.5 Å². The Morgan fingerprint density at radius 2 is 2.11 bits per heavy atom. The minimum absolute atomic E-state index is 0.376. The molecule has 0 aromatic heterocycles. The molecule has 0 spiro atoms. The number of amidine groups is 1. The third-order valence-corrected chi connectivity index (χ3v) is 4.86. The van der Waals surface area contributed by atoms with Gasteiger partial charge in [-0.2, -0.15) is 0 Å². The van der Waals surface area contributed by atoms with Crippen molar-refractivity contribution in [3.05, 3.63) is 34.4 Å². The molecule has 0 amide bonds. The molecule has 96 valence electrons. The van der Waals surface area contributed by atoms with E-state index in [9.17, 15) is 0 Å². The van der Waals surface area contributed by atoms with Gasteiger partial charge in [0.1, 0.15) is 0 Å². The van der Waals surface area contributed by atoms with E-state index in [0.717, 1.165) is 17.5 Å². The highest BCUT2D eigenvalue weighted by Gasteiger charge is 2.21. The lowest BCUT2D eigenvalue weighted by molar-refractivity contribution is 0.571. The van der Waals surface area contributed by atoms with Crippen LogP contribution in [0.25, 0.3) is 0 Å². The molecule has 3 heteroatoms. The second kappa shape index (κ2) is 4.96. The monoisotopic (exact) mass is 260 g/mol. The van der Waals surface area contributed by atoms with Crippen molar-refractivity contribution < 1.29 is 0 Å². The molecular formula is C15H20N2S. The molecule has 2 nitrogen and oxygen atoms in total. The average molecular weight is 260 g/mol. The summed E-state index contributed by atoms with van der Waals surface area (Å²) in [6.45, 7) is 5.48. The van der Waals surface area contributed by atoms with Gasteiger partial charge >= 0.3 is 0 Å². The van der Waals surface area contributed by atoms with Gasteiger partial charge in [0.2, 0.25) is 0 Å². The van der Waals surface area contributed by atoms with E-state index in [0.29, 0.717) is 6.04 Å². The normalized spacial score (nSPS) is 25.0. The van der Waals surface area contributed by atoms with Crippen LogP contribution in [0.15, 0.2) is 17.1 Å². The summed E-state index contributed by atoms with van der Waals surface area (Å²) < 4.78 is 0. The van der Waals surface area contributed by atoms with Crippen LogP contribution in [0.4, 0.5) is 0 Å². The number of benzene rings is 1. The highest BCUT2D eigenvalue weighted by Crippen LogP contribution is 2.35. The van der Waals surface area contributed by atoms with Crippen molar-refractivity contribution in [2.45, 2.75) is 39.2 Å². The molecule has 0 bridgehead atoms. The van der Waals surface area contributed by atoms with Crippen LogP contribution < -0.4 is 5.32 Å². The Morgan fingerprint density at radius 3 is 2.89 bits per heavy atom. The lowest BCUT2D eigenvalue weighted by atomic mass is 9.85. The molecule has 1 fully saturated rings. The number of nitrogens with one attached hydrogen (secondary N) is 1. The molecule has 1 unspecified atom stereocenters. The summed E-state index contributed by atoms with van der Waals surface area (Å²) in [5.41, 5.74) is 5.79. The number of thioether (sulfide) groups is 1. The first-order valence-corrected chi connectivity index (χ1v) is 7.77. The molecule has 18 heavy (non-hydrogen) atoms. The molecular weight excluding hydrogens is 240 g/mol. The van der Waals surface area contributed by atoms with Gasteiger partial charge in [-0.1, -0.05) is 23.9 Å². The van der Waals surface area contributed by atoms with Crippen molar-refractivity contribution in [1.29, 1.82) is 0 Å². The van der Waals surface area contributed by atoms with Crippen LogP contribution in [0.1, 0.15) is 41.1 Å². The van der Waals surface area contributed by atoms with Crippen molar-refractivity contribution >= 4 is 16.9 Å². The van der Waals surface area contributed by atoms with Crippen molar-refractivity contribution in [3.63, 3.8) is 0 Å². The Balaban J connectivity index is 1.95. The van der Waals surface area contributed by atoms with Gasteiger partial charge in [0.15, 0.2) is 5.17 Å². The number of nitrogens with zero attached hydrogens (tertiary/aromatic N) is 1. The maximum absolute atomic E-state index is 4.92. The highest BCUT2D eigenvalue weighted by molar-refractivity contribution is 8.14. The quantitative estimate of drug-likeness (QED) is 0.837. The van der Waals surface area contributed by atoms with E-state index in [1.54, 1.807) is 0 Å². The van der Waals surface area contributed by atoms with Gasteiger partial charge in [-0.3, -0.25) is 4.99 Å². The largest absolute Gasteiger partial charge is 0.364 e. The minimum Gasteiger partial charge on any atom is -0.364 e. The van der Waals surface area contributed by atoms with Gasteiger partial charge < -0.3 is 5.32 Å². The van der Waals surface area contributed by atoms with Crippen molar-refractivity contribution in [1.82, 2.24) is 5.32 Å². The molecule has 1 aromatic rings. The van der Waals surface area contributed by atoms with Gasteiger partial charge in [0.25, 0.3) is 0 Å². The van der Waals surface area contributed by atoms with Crippen LogP contribution in [0.5, 0.6) is 0 Å². The summed E-state index contributed by atoms with van der Waals surface area (Å²) in [6, 6.07) is 5.10. The first-order chi connectivity index (χ1) is 8.74. The smallest absolute Gasteiger partial charge is 0.157 e. The lowest BCUT2D eigenvalue weighted by Crippen LogP contribution is -2.16. The summed E-state index contributed by atoms with van der Waals surface area (Å²) in [5.74, 6) is 1.16. The summed E-state index contributed by atoms with van der Waals surface area (Å²) in [7, 11) is 0. The fourth-order valence-corrected chi connectivity index (χ4v) is 3.58. The number of aryl methyl sites for hydroxylation is 3. The van der Waals surface area contributed by atoms with Crippen molar-refractivity contribution in [3.8, 4) is 0 Å². The van der Waals surface area contributed by atoms with Gasteiger partial charge in [-0.25, -0.2) is 0 Å². The maximum atomic E-state index is 4.92. The van der Waals surface area contributed by atoms with E-state index in [1.807, 2.05) is 11.8 Å². The second-order valence-corrected chi connectivity index (χ2v) is 6.34. The molecule has 1 aromatic carbocycles. The first kappa shape index (κ1) is 12.1. The maximum Gasteiger partial charge on any atom is 0.157 e. The Morgan fingerprint density at radius 1 is 1.28 bits per heavy atom. The van der Waals surface area contributed by atoms with E-state index in [-0.39, 0.29) is 0 Å². The van der Waals surface area contributed by atoms with Crippen LogP contribution in [0, 0.1) is 13.8 Å². The van der Waals surface area contributed by atoms with E-state index in [4.69, 9.17) is 4.99 Å². The zero-order chi connectivity index (χ0) is 12.5. The predicted molar refractivity (Wildman–Crippen MR) is 79.5 cm³/mol. The molecule has 0 radical (unpaired) electrons. The van der Waals surface area contributed by atoms with Gasteiger partial charge in [-0.05, 0) is 55.4 Å². The number of fused-ring (bicyclic) bond motifs is 1. The average Bonchev–Trinajstić information content (AvgIpc) is 2.84. The topological polar surface area (TPSA) is 24.4 Å². The van der Waals surface area contributed by atoms with E-state index in [2.05, 4.69) is 31.3 Å². The first-order valence-electron chi connectivity index (χ1n) is 6.78. The van der Waals surface area contributed by atoms with Gasteiger partial charge in [0.05, 0.1) is 6.04 Å². The molecule has 1 saturated heterocycles. The molecule has 2 aliphatic rings. The molecule has 1 aliphatic heterocycles. The summed E-state index contributed by atoms with van der Waals surface area (Å²) in [5, 5.41) is 4.52. The van der Waals surface area contributed by atoms with Crippen LogP contribution in [0.3, 0.4) is 0 Å². The van der Waals surface area contributed by atoms with Crippen molar-refractivity contribution in [2.24, 2.45) is 4.99 Å². The zero-order valence-electron chi connectivity index (χ0n) is 11.1. The molecule has 1 atom stereocenters. The molecule has 0 saturated carbocycles. The molecule has 1 heterocycles. The third kappa shape index (κ3) is 2.28. The fourth-order valence-electron chi connectivity index (χ4n) is 2.78. The van der Waals surface area contributed by atoms with Crippen LogP contribution in [-0.2, 0) is 6.42 Å².